The minimum absolute atomic E-state index is 0.112. The fourth-order valence-electron chi connectivity index (χ4n) is 2.32. The number of carbonyl (C=O) groups is 2. The highest BCUT2D eigenvalue weighted by Crippen LogP contribution is 2.12. The van der Waals surface area contributed by atoms with Crippen LogP contribution in [0.1, 0.15) is 71.1 Å². The Morgan fingerprint density at radius 2 is 1.70 bits per heavy atom. The Balaban J connectivity index is 3.89. The van der Waals surface area contributed by atoms with Crippen molar-refractivity contribution < 1.29 is 19.4 Å². The van der Waals surface area contributed by atoms with Crippen LogP contribution in [0.4, 0.5) is 0 Å². The molecule has 0 saturated carbocycles. The van der Waals surface area contributed by atoms with Crippen LogP contribution in [0.5, 0.6) is 0 Å². The molecule has 0 radical (unpaired) electrons. The van der Waals surface area contributed by atoms with Crippen LogP contribution < -0.4 is 0 Å². The molecular weight excluding hydrogens is 292 g/mol. The van der Waals surface area contributed by atoms with Crippen molar-refractivity contribution in [2.45, 2.75) is 71.1 Å². The highest BCUT2D eigenvalue weighted by Gasteiger charge is 2.19. The summed E-state index contributed by atoms with van der Waals surface area (Å²) in [4.78, 5) is 22.6. The number of aliphatic carboxylic acids is 1. The number of hydrogen-bond acceptors (Lipinski definition) is 3. The monoisotopic (exact) mass is 324 g/mol. The van der Waals surface area contributed by atoms with Gasteiger partial charge in [0.05, 0.1) is 12.3 Å². The third-order valence-corrected chi connectivity index (χ3v) is 3.63. The third kappa shape index (κ3) is 13.8. The lowest BCUT2D eigenvalue weighted by Gasteiger charge is -2.09. The molecule has 0 aliphatic rings. The fraction of sp³-hybridized carbons (Fsp3) is 0.684. The van der Waals surface area contributed by atoms with Gasteiger partial charge in [-0.25, -0.2) is 0 Å². The molecule has 1 N–H and O–H groups in total. The van der Waals surface area contributed by atoms with Crippen molar-refractivity contribution in [1.82, 2.24) is 0 Å². The first-order valence-corrected chi connectivity index (χ1v) is 8.77. The largest absolute Gasteiger partial charge is 0.481 e. The van der Waals surface area contributed by atoms with Gasteiger partial charge < -0.3 is 9.84 Å². The van der Waals surface area contributed by atoms with Crippen molar-refractivity contribution in [2.24, 2.45) is 5.92 Å². The Hall–Kier alpha value is -1.58. The summed E-state index contributed by atoms with van der Waals surface area (Å²) in [5, 5.41) is 8.86. The van der Waals surface area contributed by atoms with Crippen LogP contribution in [-0.2, 0) is 14.3 Å². The average Bonchev–Trinajstić information content (AvgIpc) is 2.52. The molecule has 0 aromatic rings. The first-order valence-electron chi connectivity index (χ1n) is 8.77. The van der Waals surface area contributed by atoms with Crippen molar-refractivity contribution in [3.63, 3.8) is 0 Å². The van der Waals surface area contributed by atoms with E-state index in [-0.39, 0.29) is 13.0 Å². The molecule has 0 heterocycles. The summed E-state index contributed by atoms with van der Waals surface area (Å²) in [5.41, 5.74) is 0. The molecule has 0 aliphatic heterocycles. The first-order chi connectivity index (χ1) is 11.1. The van der Waals surface area contributed by atoms with E-state index in [2.05, 4.69) is 13.5 Å². The molecule has 0 aromatic heterocycles. The molecule has 0 aromatic carbocycles. The van der Waals surface area contributed by atoms with E-state index >= 15 is 0 Å². The van der Waals surface area contributed by atoms with Crippen LogP contribution in [0.15, 0.2) is 24.8 Å². The van der Waals surface area contributed by atoms with Crippen molar-refractivity contribution in [3.8, 4) is 0 Å². The SMILES string of the molecule is C=CCOC(=O)C(C=CCCCCCCCCCC)CC(=O)O. The molecule has 132 valence electrons. The number of allylic oxidation sites excluding steroid dienone is 1. The number of esters is 1. The van der Waals surface area contributed by atoms with E-state index in [4.69, 9.17) is 9.84 Å². The van der Waals surface area contributed by atoms with Gasteiger partial charge in [-0.2, -0.15) is 0 Å². The quantitative estimate of drug-likeness (QED) is 0.264. The second-order valence-corrected chi connectivity index (χ2v) is 5.81. The third-order valence-electron chi connectivity index (χ3n) is 3.63. The molecule has 0 aliphatic carbocycles. The maximum absolute atomic E-state index is 11.7. The number of rotatable bonds is 15. The van der Waals surface area contributed by atoms with Gasteiger partial charge in [-0.3, -0.25) is 9.59 Å². The van der Waals surface area contributed by atoms with Gasteiger partial charge in [-0.05, 0) is 12.8 Å². The van der Waals surface area contributed by atoms with Crippen molar-refractivity contribution in [2.75, 3.05) is 6.61 Å². The molecule has 1 unspecified atom stereocenters. The van der Waals surface area contributed by atoms with Gasteiger partial charge in [-0.1, -0.05) is 76.7 Å². The molecule has 0 saturated heterocycles. The Labute approximate surface area is 140 Å². The van der Waals surface area contributed by atoms with Gasteiger partial charge in [0.15, 0.2) is 0 Å². The zero-order valence-electron chi connectivity index (χ0n) is 14.5. The smallest absolute Gasteiger partial charge is 0.313 e. The van der Waals surface area contributed by atoms with Crippen molar-refractivity contribution in [3.05, 3.63) is 24.8 Å². The van der Waals surface area contributed by atoms with Gasteiger partial charge in [0.25, 0.3) is 0 Å². The average molecular weight is 324 g/mol. The van der Waals surface area contributed by atoms with Crippen LogP contribution >= 0.6 is 0 Å². The van der Waals surface area contributed by atoms with E-state index in [1.54, 1.807) is 6.08 Å². The second-order valence-electron chi connectivity index (χ2n) is 5.81. The Bertz CT molecular complexity index is 360. The Morgan fingerprint density at radius 1 is 1.09 bits per heavy atom. The lowest BCUT2D eigenvalue weighted by molar-refractivity contribution is -0.150. The van der Waals surface area contributed by atoms with E-state index in [1.807, 2.05) is 6.08 Å². The van der Waals surface area contributed by atoms with Crippen molar-refractivity contribution in [1.29, 1.82) is 0 Å². The Kier molecular flexibility index (Phi) is 14.3. The lowest BCUT2D eigenvalue weighted by atomic mass is 10.0. The van der Waals surface area contributed by atoms with E-state index in [1.165, 1.54) is 51.0 Å². The van der Waals surface area contributed by atoms with Gasteiger partial charge >= 0.3 is 11.9 Å². The summed E-state index contributed by atoms with van der Waals surface area (Å²) >= 11 is 0. The molecule has 0 spiro atoms. The maximum Gasteiger partial charge on any atom is 0.313 e. The number of carbonyl (C=O) groups excluding carboxylic acids is 1. The zero-order valence-corrected chi connectivity index (χ0v) is 14.5. The molecule has 4 heteroatoms. The summed E-state index contributed by atoms with van der Waals surface area (Å²) in [6.07, 6.45) is 15.7. The standard InChI is InChI=1S/C19H32O4/c1-3-5-6-7-8-9-10-11-12-13-14-17(16-18(20)21)19(22)23-15-4-2/h4,13-14,17H,2-3,5-12,15-16H2,1H3,(H,20,21). The van der Waals surface area contributed by atoms with E-state index < -0.39 is 17.9 Å². The summed E-state index contributed by atoms with van der Waals surface area (Å²) in [6, 6.07) is 0. The number of ether oxygens (including phenoxy) is 1. The lowest BCUT2D eigenvalue weighted by Crippen LogP contribution is -2.19. The molecular formula is C19H32O4. The van der Waals surface area contributed by atoms with Gasteiger partial charge in [-0.15, -0.1) is 0 Å². The number of carboxylic acid groups (broad SMARTS) is 1. The second kappa shape index (κ2) is 15.3. The number of carboxylic acids is 1. The first kappa shape index (κ1) is 21.4. The number of hydrogen-bond donors (Lipinski definition) is 1. The molecule has 0 amide bonds. The molecule has 1 atom stereocenters. The molecule has 0 rings (SSSR count). The zero-order chi connectivity index (χ0) is 17.3. The van der Waals surface area contributed by atoms with Crippen LogP contribution in [0.3, 0.4) is 0 Å². The molecule has 0 bridgehead atoms. The van der Waals surface area contributed by atoms with Crippen LogP contribution in [0.25, 0.3) is 0 Å². The molecule has 0 fully saturated rings. The maximum atomic E-state index is 11.7. The molecule has 4 nitrogen and oxygen atoms in total. The minimum atomic E-state index is -0.998. The fourth-order valence-corrected chi connectivity index (χ4v) is 2.32. The van der Waals surface area contributed by atoms with Crippen LogP contribution in [0.2, 0.25) is 0 Å². The highest BCUT2D eigenvalue weighted by atomic mass is 16.5. The Morgan fingerprint density at radius 3 is 2.26 bits per heavy atom. The number of unbranched alkanes of at least 4 members (excludes halogenated alkanes) is 8. The van der Waals surface area contributed by atoms with E-state index in [9.17, 15) is 9.59 Å². The highest BCUT2D eigenvalue weighted by molar-refractivity contribution is 5.80. The van der Waals surface area contributed by atoms with E-state index in [0.29, 0.717) is 0 Å². The summed E-state index contributed by atoms with van der Waals surface area (Å²) in [7, 11) is 0. The minimum Gasteiger partial charge on any atom is -0.481 e. The van der Waals surface area contributed by atoms with Crippen LogP contribution in [-0.4, -0.2) is 23.7 Å². The summed E-state index contributed by atoms with van der Waals surface area (Å²) in [5.74, 6) is -2.21. The predicted octanol–water partition coefficient (Wildman–Crippen LogP) is 4.89. The van der Waals surface area contributed by atoms with Gasteiger partial charge in [0, 0.05) is 0 Å². The summed E-state index contributed by atoms with van der Waals surface area (Å²) < 4.78 is 4.92. The summed E-state index contributed by atoms with van der Waals surface area (Å²) in [6.45, 7) is 5.80. The predicted molar refractivity (Wildman–Crippen MR) is 93.3 cm³/mol. The van der Waals surface area contributed by atoms with Crippen molar-refractivity contribution >= 4 is 11.9 Å². The van der Waals surface area contributed by atoms with Gasteiger partial charge in [0.1, 0.15) is 6.61 Å². The van der Waals surface area contributed by atoms with Gasteiger partial charge in [0.2, 0.25) is 0 Å². The normalized spacial score (nSPS) is 12.2. The van der Waals surface area contributed by atoms with Crippen LogP contribution in [0, 0.1) is 5.92 Å². The van der Waals surface area contributed by atoms with E-state index in [0.717, 1.165) is 12.8 Å². The molecule has 23 heavy (non-hydrogen) atoms. The topological polar surface area (TPSA) is 63.6 Å².